The van der Waals surface area contributed by atoms with Gasteiger partial charge in [-0.1, -0.05) is 0 Å². The number of aromatic nitrogens is 3. The minimum absolute atomic E-state index is 0.290. The molecule has 0 amide bonds. The summed E-state index contributed by atoms with van der Waals surface area (Å²) < 4.78 is 2.27. The molecule has 0 aliphatic carbocycles. The molecule has 1 saturated heterocycles. The van der Waals surface area contributed by atoms with E-state index in [9.17, 15) is 0 Å². The van der Waals surface area contributed by atoms with Crippen LogP contribution in [-0.4, -0.2) is 32.3 Å². The van der Waals surface area contributed by atoms with Crippen molar-refractivity contribution in [3.63, 3.8) is 0 Å². The van der Waals surface area contributed by atoms with Crippen LogP contribution in [-0.2, 0) is 19.4 Å². The molecule has 1 fully saturated rings. The van der Waals surface area contributed by atoms with Gasteiger partial charge < -0.3 is 10.3 Å². The van der Waals surface area contributed by atoms with E-state index in [1.807, 2.05) is 0 Å². The molecule has 3 rings (SSSR count). The Morgan fingerprint density at radius 3 is 3.12 bits per heavy atom. The molecule has 3 heterocycles. The van der Waals surface area contributed by atoms with E-state index in [-0.39, 0.29) is 6.04 Å². The molecule has 2 unspecified atom stereocenters. The van der Waals surface area contributed by atoms with Gasteiger partial charge in [0.25, 0.3) is 0 Å². The molecule has 2 aliphatic rings. The highest BCUT2D eigenvalue weighted by Gasteiger charge is 2.23. The van der Waals surface area contributed by atoms with Crippen molar-refractivity contribution in [3.05, 3.63) is 11.6 Å². The second kappa shape index (κ2) is 4.98. The second-order valence-corrected chi connectivity index (χ2v) is 6.38. The number of aryl methyl sites for hydroxylation is 1. The summed E-state index contributed by atoms with van der Waals surface area (Å²) in [7, 11) is 0. The lowest BCUT2D eigenvalue weighted by Gasteiger charge is -2.24. The Morgan fingerprint density at radius 1 is 1.35 bits per heavy atom. The lowest BCUT2D eigenvalue weighted by Crippen LogP contribution is -2.33. The average Bonchev–Trinajstić information content (AvgIpc) is 2.73. The smallest absolute Gasteiger partial charge is 0.133 e. The summed E-state index contributed by atoms with van der Waals surface area (Å²) in [4.78, 5) is 0. The fourth-order valence-corrected chi connectivity index (χ4v) is 3.94. The zero-order valence-corrected chi connectivity index (χ0v) is 11.0. The number of hydrogen-bond donors (Lipinski definition) is 1. The Morgan fingerprint density at radius 2 is 2.29 bits per heavy atom. The van der Waals surface area contributed by atoms with Gasteiger partial charge in [-0.05, 0) is 36.7 Å². The van der Waals surface area contributed by atoms with Crippen molar-refractivity contribution in [1.82, 2.24) is 14.8 Å². The van der Waals surface area contributed by atoms with Crippen molar-refractivity contribution < 1.29 is 0 Å². The quantitative estimate of drug-likeness (QED) is 0.860. The van der Waals surface area contributed by atoms with E-state index in [4.69, 9.17) is 5.73 Å². The summed E-state index contributed by atoms with van der Waals surface area (Å²) >= 11 is 2.08. The molecule has 94 valence electrons. The van der Waals surface area contributed by atoms with Crippen molar-refractivity contribution in [1.29, 1.82) is 0 Å². The van der Waals surface area contributed by atoms with Crippen molar-refractivity contribution in [2.24, 2.45) is 11.7 Å². The van der Waals surface area contributed by atoms with Gasteiger partial charge in [-0.15, -0.1) is 10.2 Å². The normalized spacial score (nSPS) is 29.0. The molecule has 0 radical (unpaired) electrons. The second-order valence-electron chi connectivity index (χ2n) is 5.23. The maximum absolute atomic E-state index is 6.03. The predicted octanol–water partition coefficient (Wildman–Crippen LogP) is 1.24. The maximum atomic E-state index is 6.03. The molecular formula is C12H20N4S. The van der Waals surface area contributed by atoms with Crippen LogP contribution in [0.2, 0.25) is 0 Å². The highest BCUT2D eigenvalue weighted by atomic mass is 32.2. The first kappa shape index (κ1) is 11.5. The number of nitrogens with two attached hydrogens (primary N) is 1. The minimum Gasteiger partial charge on any atom is -0.326 e. The standard InChI is InChI=1S/C12H20N4S/c13-10-3-4-11-14-15-12(16(11)7-10)6-9-2-1-5-17-8-9/h9-10H,1-8,13H2. The number of rotatable bonds is 2. The van der Waals surface area contributed by atoms with Gasteiger partial charge in [-0.2, -0.15) is 11.8 Å². The summed E-state index contributed by atoms with van der Waals surface area (Å²) in [5.74, 6) is 5.72. The van der Waals surface area contributed by atoms with Gasteiger partial charge in [-0.3, -0.25) is 0 Å². The van der Waals surface area contributed by atoms with Crippen molar-refractivity contribution >= 4 is 11.8 Å². The van der Waals surface area contributed by atoms with Crippen LogP contribution in [0.25, 0.3) is 0 Å². The lowest BCUT2D eigenvalue weighted by molar-refractivity contribution is 0.427. The third-order valence-corrected chi connectivity index (χ3v) is 5.07. The Balaban J connectivity index is 1.72. The van der Waals surface area contributed by atoms with Gasteiger partial charge in [-0.25, -0.2) is 0 Å². The molecule has 1 aromatic rings. The Bertz CT molecular complexity index is 384. The van der Waals surface area contributed by atoms with Gasteiger partial charge in [0.1, 0.15) is 11.6 Å². The third kappa shape index (κ3) is 2.50. The van der Waals surface area contributed by atoms with Crippen LogP contribution in [0.1, 0.15) is 30.9 Å². The summed E-state index contributed by atoms with van der Waals surface area (Å²) in [5.41, 5.74) is 6.03. The SMILES string of the molecule is NC1CCc2nnc(CC3CCCSC3)n2C1. The molecule has 0 bridgehead atoms. The fourth-order valence-electron chi connectivity index (χ4n) is 2.79. The van der Waals surface area contributed by atoms with E-state index in [0.717, 1.165) is 37.5 Å². The largest absolute Gasteiger partial charge is 0.326 e. The van der Waals surface area contributed by atoms with Crippen molar-refractivity contribution in [3.8, 4) is 0 Å². The summed E-state index contributed by atoms with van der Waals surface area (Å²) in [6.45, 7) is 0.914. The molecule has 1 aromatic heterocycles. The first-order chi connectivity index (χ1) is 8.33. The first-order valence-electron chi connectivity index (χ1n) is 6.57. The van der Waals surface area contributed by atoms with E-state index >= 15 is 0 Å². The van der Waals surface area contributed by atoms with Crippen LogP contribution in [0, 0.1) is 5.92 Å². The van der Waals surface area contributed by atoms with E-state index in [0.29, 0.717) is 0 Å². The van der Waals surface area contributed by atoms with Crippen molar-refractivity contribution in [2.75, 3.05) is 11.5 Å². The van der Waals surface area contributed by atoms with Crippen LogP contribution in [0.15, 0.2) is 0 Å². The first-order valence-corrected chi connectivity index (χ1v) is 7.72. The Hall–Kier alpha value is -0.550. The van der Waals surface area contributed by atoms with Crippen LogP contribution >= 0.6 is 11.8 Å². The molecule has 2 aliphatic heterocycles. The van der Waals surface area contributed by atoms with Gasteiger partial charge in [0.2, 0.25) is 0 Å². The molecule has 0 aromatic carbocycles. The molecular weight excluding hydrogens is 232 g/mol. The van der Waals surface area contributed by atoms with Crippen LogP contribution < -0.4 is 5.73 Å². The molecule has 0 saturated carbocycles. The molecule has 5 heteroatoms. The van der Waals surface area contributed by atoms with E-state index in [1.54, 1.807) is 0 Å². The zero-order valence-electron chi connectivity index (χ0n) is 10.1. The molecule has 4 nitrogen and oxygen atoms in total. The van der Waals surface area contributed by atoms with Gasteiger partial charge in [0.05, 0.1) is 0 Å². The zero-order chi connectivity index (χ0) is 11.7. The van der Waals surface area contributed by atoms with Gasteiger partial charge in [0.15, 0.2) is 0 Å². The van der Waals surface area contributed by atoms with Crippen LogP contribution in [0.4, 0.5) is 0 Å². The predicted molar refractivity (Wildman–Crippen MR) is 70.1 cm³/mol. The van der Waals surface area contributed by atoms with Gasteiger partial charge in [0, 0.05) is 25.4 Å². The van der Waals surface area contributed by atoms with Crippen LogP contribution in [0.3, 0.4) is 0 Å². The highest BCUT2D eigenvalue weighted by molar-refractivity contribution is 7.99. The minimum atomic E-state index is 0.290. The third-order valence-electron chi connectivity index (χ3n) is 3.79. The number of nitrogens with zero attached hydrogens (tertiary/aromatic N) is 3. The molecule has 2 atom stereocenters. The summed E-state index contributed by atoms with van der Waals surface area (Å²) in [6.07, 6.45) is 5.84. The van der Waals surface area contributed by atoms with E-state index in [2.05, 4.69) is 26.5 Å². The summed E-state index contributed by atoms with van der Waals surface area (Å²) in [5, 5.41) is 8.68. The molecule has 17 heavy (non-hydrogen) atoms. The fraction of sp³-hybridized carbons (Fsp3) is 0.833. The molecule has 2 N–H and O–H groups in total. The van der Waals surface area contributed by atoms with Gasteiger partial charge >= 0.3 is 0 Å². The number of hydrogen-bond acceptors (Lipinski definition) is 4. The number of fused-ring (bicyclic) bond motifs is 1. The Labute approximate surface area is 106 Å². The van der Waals surface area contributed by atoms with Crippen LogP contribution in [0.5, 0.6) is 0 Å². The van der Waals surface area contributed by atoms with E-state index < -0.39 is 0 Å². The summed E-state index contributed by atoms with van der Waals surface area (Å²) in [6, 6.07) is 0.290. The van der Waals surface area contributed by atoms with E-state index in [1.165, 1.54) is 30.2 Å². The Kier molecular flexibility index (Phi) is 3.38. The van der Waals surface area contributed by atoms with Crippen molar-refractivity contribution in [2.45, 2.75) is 44.7 Å². The highest BCUT2D eigenvalue weighted by Crippen LogP contribution is 2.26. The number of thioether (sulfide) groups is 1. The molecule has 0 spiro atoms. The maximum Gasteiger partial charge on any atom is 0.133 e. The average molecular weight is 252 g/mol. The monoisotopic (exact) mass is 252 g/mol. The topological polar surface area (TPSA) is 56.7 Å². The lowest BCUT2D eigenvalue weighted by atomic mass is 10.0.